The Hall–Kier alpha value is -2.69. The lowest BCUT2D eigenvalue weighted by Gasteiger charge is -2.24. The van der Waals surface area contributed by atoms with Gasteiger partial charge in [0.2, 0.25) is 5.91 Å². The number of halogens is 1. The number of aromatic nitrogens is 1. The molecule has 0 bridgehead atoms. The number of thiazole rings is 1. The van der Waals surface area contributed by atoms with E-state index in [-0.39, 0.29) is 23.4 Å². The number of benzene rings is 2. The summed E-state index contributed by atoms with van der Waals surface area (Å²) in [5.41, 5.74) is 2.38. The van der Waals surface area contributed by atoms with Crippen LogP contribution in [0.3, 0.4) is 0 Å². The predicted molar refractivity (Wildman–Crippen MR) is 112 cm³/mol. The highest BCUT2D eigenvalue weighted by Crippen LogP contribution is 2.32. The van der Waals surface area contributed by atoms with E-state index < -0.39 is 0 Å². The van der Waals surface area contributed by atoms with Crippen LogP contribution in [-0.4, -0.2) is 22.7 Å². The summed E-state index contributed by atoms with van der Waals surface area (Å²) in [6.07, 6.45) is 0.268. The largest absolute Gasteiger partial charge is 0.310 e. The van der Waals surface area contributed by atoms with E-state index in [1.54, 1.807) is 17.0 Å². The third-order valence-electron chi connectivity index (χ3n) is 4.03. The second-order valence-corrected chi connectivity index (χ2v) is 8.45. The molecule has 142 valence electrons. The molecular weight excluding hydrogens is 393 g/mol. The molecule has 3 aromatic rings. The fourth-order valence-corrected chi connectivity index (χ4v) is 4.66. The fraction of sp³-hybridized carbons (Fsp3) is 0.190. The van der Waals surface area contributed by atoms with Crippen LogP contribution in [0.4, 0.5) is 10.1 Å². The smallest absolute Gasteiger partial charge is 0.240 e. The lowest BCUT2D eigenvalue weighted by molar-refractivity contribution is -0.117. The zero-order valence-electron chi connectivity index (χ0n) is 15.2. The number of nitrogens with zero attached hydrogens (tertiary/aromatic N) is 3. The van der Waals surface area contributed by atoms with Gasteiger partial charge in [-0.05, 0) is 43.3 Å². The molecule has 0 N–H and O–H groups in total. The first kappa shape index (κ1) is 20.1. The van der Waals surface area contributed by atoms with Crippen LogP contribution >= 0.6 is 23.1 Å². The van der Waals surface area contributed by atoms with Crippen molar-refractivity contribution in [2.24, 2.45) is 0 Å². The Kier molecular flexibility index (Phi) is 6.80. The average molecular weight is 412 g/mol. The number of nitriles is 1. The zero-order chi connectivity index (χ0) is 19.9. The minimum absolute atomic E-state index is 0.0648. The number of carbonyl (C=O) groups is 1. The number of anilines is 1. The van der Waals surface area contributed by atoms with E-state index in [1.807, 2.05) is 42.6 Å². The Morgan fingerprint density at radius 1 is 1.25 bits per heavy atom. The number of thioether (sulfide) groups is 1. The van der Waals surface area contributed by atoms with Gasteiger partial charge in [-0.25, -0.2) is 9.37 Å². The van der Waals surface area contributed by atoms with Crippen LogP contribution < -0.4 is 4.90 Å². The molecule has 0 spiro atoms. The van der Waals surface area contributed by atoms with Crippen molar-refractivity contribution in [3.63, 3.8) is 0 Å². The number of hydrogen-bond acceptors (Lipinski definition) is 5. The Morgan fingerprint density at radius 2 is 1.96 bits per heavy atom. The SMILES string of the molecule is CC(Sc1nc(-c2ccc(F)cc2)cs1)C(=O)N(CCC#N)c1ccccc1. The van der Waals surface area contributed by atoms with Gasteiger partial charge in [-0.15, -0.1) is 11.3 Å². The molecule has 0 aliphatic carbocycles. The monoisotopic (exact) mass is 411 g/mol. The standard InChI is InChI=1S/C21H18FN3OS2/c1-15(20(26)25(13-5-12-23)18-6-3-2-4-7-18)28-21-24-19(14-27-21)16-8-10-17(22)11-9-16/h2-4,6-11,14-15H,5,13H2,1H3. The van der Waals surface area contributed by atoms with E-state index in [4.69, 9.17) is 5.26 Å². The summed E-state index contributed by atoms with van der Waals surface area (Å²) >= 11 is 2.84. The maximum absolute atomic E-state index is 13.1. The molecule has 2 aromatic carbocycles. The third kappa shape index (κ3) is 4.97. The summed E-state index contributed by atoms with van der Waals surface area (Å²) in [7, 11) is 0. The molecule has 0 saturated carbocycles. The van der Waals surface area contributed by atoms with Gasteiger partial charge in [-0.2, -0.15) is 5.26 Å². The highest BCUT2D eigenvalue weighted by molar-refractivity contribution is 8.02. The number of para-hydroxylation sites is 1. The summed E-state index contributed by atoms with van der Waals surface area (Å²) < 4.78 is 13.9. The van der Waals surface area contributed by atoms with E-state index >= 15 is 0 Å². The molecule has 7 heteroatoms. The Bertz CT molecular complexity index is 967. The normalized spacial score (nSPS) is 11.6. The van der Waals surface area contributed by atoms with E-state index in [0.717, 1.165) is 21.3 Å². The van der Waals surface area contributed by atoms with Crippen molar-refractivity contribution >= 4 is 34.7 Å². The van der Waals surface area contributed by atoms with Gasteiger partial charge in [-0.1, -0.05) is 30.0 Å². The zero-order valence-corrected chi connectivity index (χ0v) is 16.8. The van der Waals surface area contributed by atoms with Crippen LogP contribution in [0.15, 0.2) is 64.3 Å². The molecular formula is C21H18FN3OS2. The topological polar surface area (TPSA) is 57.0 Å². The van der Waals surface area contributed by atoms with Crippen molar-refractivity contribution in [3.8, 4) is 17.3 Å². The van der Waals surface area contributed by atoms with Crippen molar-refractivity contribution in [1.82, 2.24) is 4.98 Å². The van der Waals surface area contributed by atoms with Crippen LogP contribution in [0.2, 0.25) is 0 Å². The molecule has 0 aliphatic rings. The number of hydrogen-bond donors (Lipinski definition) is 0. The summed E-state index contributed by atoms with van der Waals surface area (Å²) in [5, 5.41) is 10.5. The molecule has 3 rings (SSSR count). The predicted octanol–water partition coefficient (Wildman–Crippen LogP) is 5.38. The summed E-state index contributed by atoms with van der Waals surface area (Å²) in [4.78, 5) is 19.2. The number of amides is 1. The van der Waals surface area contributed by atoms with Crippen molar-refractivity contribution in [1.29, 1.82) is 5.26 Å². The molecule has 0 fully saturated rings. The molecule has 1 heterocycles. The van der Waals surface area contributed by atoms with Crippen LogP contribution in [-0.2, 0) is 4.79 Å². The van der Waals surface area contributed by atoms with Crippen LogP contribution in [0, 0.1) is 17.1 Å². The highest BCUT2D eigenvalue weighted by Gasteiger charge is 2.23. The molecule has 1 unspecified atom stereocenters. The van der Waals surface area contributed by atoms with Crippen molar-refractivity contribution in [2.75, 3.05) is 11.4 Å². The molecule has 28 heavy (non-hydrogen) atoms. The first-order valence-electron chi connectivity index (χ1n) is 8.70. The Labute approximate surface area is 171 Å². The molecule has 0 aliphatic heterocycles. The van der Waals surface area contributed by atoms with Crippen LogP contribution in [0.25, 0.3) is 11.3 Å². The summed E-state index contributed by atoms with van der Waals surface area (Å²) in [6, 6.07) is 17.6. The Balaban J connectivity index is 1.72. The first-order valence-corrected chi connectivity index (χ1v) is 10.5. The van der Waals surface area contributed by atoms with E-state index in [1.165, 1.54) is 35.2 Å². The van der Waals surface area contributed by atoms with Gasteiger partial charge in [0.1, 0.15) is 5.82 Å². The van der Waals surface area contributed by atoms with Gasteiger partial charge in [-0.3, -0.25) is 4.79 Å². The van der Waals surface area contributed by atoms with E-state index in [0.29, 0.717) is 6.54 Å². The molecule has 1 aromatic heterocycles. The van der Waals surface area contributed by atoms with Crippen LogP contribution in [0.1, 0.15) is 13.3 Å². The Morgan fingerprint density at radius 3 is 2.64 bits per heavy atom. The lowest BCUT2D eigenvalue weighted by atomic mass is 10.2. The highest BCUT2D eigenvalue weighted by atomic mass is 32.2. The average Bonchev–Trinajstić information content (AvgIpc) is 3.18. The van der Waals surface area contributed by atoms with Gasteiger partial charge >= 0.3 is 0 Å². The van der Waals surface area contributed by atoms with Gasteiger partial charge in [0.15, 0.2) is 4.34 Å². The summed E-state index contributed by atoms with van der Waals surface area (Å²) in [6.45, 7) is 2.19. The molecule has 0 radical (unpaired) electrons. The van der Waals surface area contributed by atoms with E-state index in [2.05, 4.69) is 11.1 Å². The number of carbonyl (C=O) groups excluding carboxylic acids is 1. The van der Waals surface area contributed by atoms with Gasteiger partial charge in [0, 0.05) is 23.2 Å². The van der Waals surface area contributed by atoms with E-state index in [9.17, 15) is 9.18 Å². The second-order valence-electron chi connectivity index (χ2n) is 6.00. The molecule has 1 amide bonds. The minimum Gasteiger partial charge on any atom is -0.310 e. The molecule has 4 nitrogen and oxygen atoms in total. The minimum atomic E-state index is -0.355. The molecule has 0 saturated heterocycles. The maximum Gasteiger partial charge on any atom is 0.240 e. The van der Waals surface area contributed by atoms with Gasteiger partial charge in [0.05, 0.1) is 23.4 Å². The maximum atomic E-state index is 13.1. The fourth-order valence-electron chi connectivity index (χ4n) is 2.62. The number of rotatable bonds is 7. The van der Waals surface area contributed by atoms with Gasteiger partial charge < -0.3 is 4.90 Å². The summed E-state index contributed by atoms with van der Waals surface area (Å²) in [5.74, 6) is -0.351. The quantitative estimate of drug-likeness (QED) is 0.490. The van der Waals surface area contributed by atoms with Crippen molar-refractivity contribution < 1.29 is 9.18 Å². The third-order valence-corrected chi connectivity index (χ3v) is 6.09. The van der Waals surface area contributed by atoms with Crippen LogP contribution in [0.5, 0.6) is 0 Å². The van der Waals surface area contributed by atoms with Crippen molar-refractivity contribution in [2.45, 2.75) is 22.9 Å². The first-order chi connectivity index (χ1) is 13.6. The lowest BCUT2D eigenvalue weighted by Crippen LogP contribution is -2.37. The van der Waals surface area contributed by atoms with Crippen molar-refractivity contribution in [3.05, 3.63) is 65.8 Å². The van der Waals surface area contributed by atoms with Gasteiger partial charge in [0.25, 0.3) is 0 Å². The second kappa shape index (κ2) is 9.49. The molecule has 1 atom stereocenters.